The molecule has 158 valence electrons. The Balaban J connectivity index is 1.36. The number of rotatable bonds is 5. The van der Waals surface area contributed by atoms with E-state index < -0.39 is 11.7 Å². The number of para-hydroxylation sites is 2. The number of aromatic nitrogens is 1. The van der Waals surface area contributed by atoms with Gasteiger partial charge in [-0.2, -0.15) is 13.2 Å². The fourth-order valence-electron chi connectivity index (χ4n) is 3.82. The number of aromatic amines is 1. The second-order valence-electron chi connectivity index (χ2n) is 7.41. The standard InChI is InChI=1S/C23H24F3N3O/c1-30-22-5-3-2-4-21(22)29-14-12-28(13-15-29)16-19-10-11-20(27-19)17-6-8-18(9-7-17)23(24,25)26/h2-11,27H,12-16H2,1H3. The van der Waals surface area contributed by atoms with E-state index in [0.717, 1.165) is 73.2 Å². The first-order valence-electron chi connectivity index (χ1n) is 9.90. The van der Waals surface area contributed by atoms with Crippen LogP contribution >= 0.6 is 0 Å². The van der Waals surface area contributed by atoms with Crippen LogP contribution in [0.15, 0.2) is 60.7 Å². The maximum absolute atomic E-state index is 12.7. The largest absolute Gasteiger partial charge is 0.495 e. The van der Waals surface area contributed by atoms with Gasteiger partial charge in [-0.1, -0.05) is 24.3 Å². The number of alkyl halides is 3. The monoisotopic (exact) mass is 415 g/mol. The van der Waals surface area contributed by atoms with Crippen LogP contribution in [0.25, 0.3) is 11.3 Å². The van der Waals surface area contributed by atoms with Gasteiger partial charge in [0.25, 0.3) is 0 Å². The topological polar surface area (TPSA) is 31.5 Å². The molecule has 0 unspecified atom stereocenters. The molecular formula is C23H24F3N3O. The van der Waals surface area contributed by atoms with Crippen molar-refractivity contribution in [2.24, 2.45) is 0 Å². The lowest BCUT2D eigenvalue weighted by molar-refractivity contribution is -0.137. The predicted molar refractivity (Wildman–Crippen MR) is 112 cm³/mol. The summed E-state index contributed by atoms with van der Waals surface area (Å²) in [5, 5.41) is 0. The van der Waals surface area contributed by atoms with Gasteiger partial charge in [-0.25, -0.2) is 0 Å². The molecule has 1 aromatic heterocycles. The van der Waals surface area contributed by atoms with Crippen LogP contribution < -0.4 is 9.64 Å². The van der Waals surface area contributed by atoms with E-state index in [1.54, 1.807) is 7.11 Å². The molecule has 0 bridgehead atoms. The third-order valence-electron chi connectivity index (χ3n) is 5.46. The van der Waals surface area contributed by atoms with Crippen molar-refractivity contribution in [1.82, 2.24) is 9.88 Å². The highest BCUT2D eigenvalue weighted by molar-refractivity contribution is 5.60. The van der Waals surface area contributed by atoms with Crippen molar-refractivity contribution in [1.29, 1.82) is 0 Å². The fraction of sp³-hybridized carbons (Fsp3) is 0.304. The van der Waals surface area contributed by atoms with E-state index >= 15 is 0 Å². The number of methoxy groups -OCH3 is 1. The summed E-state index contributed by atoms with van der Waals surface area (Å²) in [5.41, 5.74) is 3.10. The second kappa shape index (κ2) is 8.44. The van der Waals surface area contributed by atoms with Crippen molar-refractivity contribution in [3.05, 3.63) is 71.9 Å². The van der Waals surface area contributed by atoms with Gasteiger partial charge in [0.05, 0.1) is 18.4 Å². The first kappa shape index (κ1) is 20.3. The summed E-state index contributed by atoms with van der Waals surface area (Å²) in [7, 11) is 1.69. The molecule has 0 amide bonds. The van der Waals surface area contributed by atoms with E-state index in [1.807, 2.05) is 30.3 Å². The minimum atomic E-state index is -4.31. The van der Waals surface area contributed by atoms with Crippen molar-refractivity contribution in [3.63, 3.8) is 0 Å². The van der Waals surface area contributed by atoms with Gasteiger partial charge in [0, 0.05) is 44.1 Å². The molecule has 0 aliphatic carbocycles. The summed E-state index contributed by atoms with van der Waals surface area (Å²) in [6.45, 7) is 4.44. The van der Waals surface area contributed by atoms with Crippen LogP contribution in [0.4, 0.5) is 18.9 Å². The lowest BCUT2D eigenvalue weighted by Crippen LogP contribution is -2.46. The Labute approximate surface area is 173 Å². The van der Waals surface area contributed by atoms with Crippen molar-refractivity contribution in [3.8, 4) is 17.0 Å². The third kappa shape index (κ3) is 4.46. The van der Waals surface area contributed by atoms with E-state index in [9.17, 15) is 13.2 Å². The predicted octanol–water partition coefficient (Wildman–Crippen LogP) is 5.03. The van der Waals surface area contributed by atoms with Gasteiger partial charge in [0.1, 0.15) is 5.75 Å². The van der Waals surface area contributed by atoms with E-state index in [4.69, 9.17) is 4.74 Å². The number of benzene rings is 2. The summed E-state index contributed by atoms with van der Waals surface area (Å²) in [6, 6.07) is 17.2. The summed E-state index contributed by atoms with van der Waals surface area (Å²) < 4.78 is 43.7. The summed E-state index contributed by atoms with van der Waals surface area (Å²) >= 11 is 0. The molecule has 2 aromatic carbocycles. The normalized spacial score (nSPS) is 15.4. The quantitative estimate of drug-likeness (QED) is 0.634. The number of nitrogens with zero attached hydrogens (tertiary/aromatic N) is 2. The molecular weight excluding hydrogens is 391 g/mol. The summed E-state index contributed by atoms with van der Waals surface area (Å²) in [5.74, 6) is 0.886. The molecule has 2 heterocycles. The first-order chi connectivity index (χ1) is 14.4. The molecule has 0 atom stereocenters. The highest BCUT2D eigenvalue weighted by atomic mass is 19.4. The van der Waals surface area contributed by atoms with Crippen molar-refractivity contribution in [2.75, 3.05) is 38.2 Å². The Bertz CT molecular complexity index is 974. The molecule has 1 fully saturated rings. The molecule has 4 nitrogen and oxygen atoms in total. The zero-order valence-electron chi connectivity index (χ0n) is 16.7. The number of anilines is 1. The van der Waals surface area contributed by atoms with Gasteiger partial charge in [-0.05, 0) is 42.0 Å². The lowest BCUT2D eigenvalue weighted by Gasteiger charge is -2.36. The van der Waals surface area contributed by atoms with E-state index in [2.05, 4.69) is 20.9 Å². The van der Waals surface area contributed by atoms with Gasteiger partial charge in [-0.15, -0.1) is 0 Å². The maximum Gasteiger partial charge on any atom is 0.416 e. The van der Waals surface area contributed by atoms with Gasteiger partial charge >= 0.3 is 6.18 Å². The van der Waals surface area contributed by atoms with Crippen LogP contribution in [0, 0.1) is 0 Å². The Morgan fingerprint density at radius 1 is 0.900 bits per heavy atom. The third-order valence-corrected chi connectivity index (χ3v) is 5.46. The van der Waals surface area contributed by atoms with Crippen molar-refractivity contribution in [2.45, 2.75) is 12.7 Å². The number of nitrogens with one attached hydrogen (secondary N) is 1. The minimum Gasteiger partial charge on any atom is -0.495 e. The maximum atomic E-state index is 12.7. The van der Waals surface area contributed by atoms with Crippen LogP contribution in [0.2, 0.25) is 0 Å². The molecule has 1 aliphatic heterocycles. The Kier molecular flexibility index (Phi) is 5.72. The molecule has 30 heavy (non-hydrogen) atoms. The number of hydrogen-bond donors (Lipinski definition) is 1. The number of H-pyrrole nitrogens is 1. The average molecular weight is 415 g/mol. The molecule has 3 aromatic rings. The van der Waals surface area contributed by atoms with Crippen LogP contribution in [-0.4, -0.2) is 43.2 Å². The number of hydrogen-bond acceptors (Lipinski definition) is 3. The Morgan fingerprint density at radius 3 is 2.27 bits per heavy atom. The van der Waals surface area contributed by atoms with Gasteiger partial charge < -0.3 is 14.6 Å². The Hall–Kier alpha value is -2.93. The zero-order chi connectivity index (χ0) is 21.1. The van der Waals surface area contributed by atoms with Crippen LogP contribution in [0.1, 0.15) is 11.3 Å². The van der Waals surface area contributed by atoms with Gasteiger partial charge in [-0.3, -0.25) is 4.90 Å². The second-order valence-corrected chi connectivity index (χ2v) is 7.41. The van der Waals surface area contributed by atoms with Gasteiger partial charge in [0.2, 0.25) is 0 Å². The smallest absolute Gasteiger partial charge is 0.416 e. The Morgan fingerprint density at radius 2 is 1.60 bits per heavy atom. The zero-order valence-corrected chi connectivity index (χ0v) is 16.7. The fourth-order valence-corrected chi connectivity index (χ4v) is 3.82. The molecule has 7 heteroatoms. The molecule has 0 saturated carbocycles. The molecule has 4 rings (SSSR count). The minimum absolute atomic E-state index is 0.633. The lowest BCUT2D eigenvalue weighted by atomic mass is 10.1. The summed E-state index contributed by atoms with van der Waals surface area (Å²) in [4.78, 5) is 8.04. The average Bonchev–Trinajstić information content (AvgIpc) is 3.22. The van der Waals surface area contributed by atoms with E-state index in [0.29, 0.717) is 0 Å². The van der Waals surface area contributed by atoms with Crippen LogP contribution in [0.5, 0.6) is 5.75 Å². The molecule has 0 spiro atoms. The van der Waals surface area contributed by atoms with Crippen molar-refractivity contribution < 1.29 is 17.9 Å². The summed E-state index contributed by atoms with van der Waals surface area (Å²) in [6.07, 6.45) is -4.31. The van der Waals surface area contributed by atoms with Crippen molar-refractivity contribution >= 4 is 5.69 Å². The van der Waals surface area contributed by atoms with E-state index in [-0.39, 0.29) is 0 Å². The number of ether oxygens (including phenoxy) is 1. The molecule has 1 aliphatic rings. The number of piperazine rings is 1. The molecule has 1 saturated heterocycles. The number of halogens is 3. The van der Waals surface area contributed by atoms with Gasteiger partial charge in [0.15, 0.2) is 0 Å². The highest BCUT2D eigenvalue weighted by Gasteiger charge is 2.30. The van der Waals surface area contributed by atoms with Crippen LogP contribution in [-0.2, 0) is 12.7 Å². The molecule has 0 radical (unpaired) electrons. The first-order valence-corrected chi connectivity index (χ1v) is 9.90. The van der Waals surface area contributed by atoms with Crippen LogP contribution in [0.3, 0.4) is 0 Å². The SMILES string of the molecule is COc1ccccc1N1CCN(Cc2ccc(-c3ccc(C(F)(F)F)cc3)[nH]2)CC1. The highest BCUT2D eigenvalue weighted by Crippen LogP contribution is 2.31. The molecule has 1 N–H and O–H groups in total. The van der Waals surface area contributed by atoms with E-state index in [1.165, 1.54) is 12.1 Å².